The van der Waals surface area contributed by atoms with Gasteiger partial charge >= 0.3 is 19.8 Å². The molecule has 0 saturated heterocycles. The molecule has 2 atom stereocenters. The number of hydrogen-bond donors (Lipinski definition) is 3. The summed E-state index contributed by atoms with van der Waals surface area (Å²) in [6.07, 6.45) is 39.7. The van der Waals surface area contributed by atoms with Crippen molar-refractivity contribution in [3.05, 3.63) is 48.6 Å². The van der Waals surface area contributed by atoms with Crippen LogP contribution in [-0.2, 0) is 28.2 Å². The van der Waals surface area contributed by atoms with Gasteiger partial charge in [-0.15, -0.1) is 0 Å². The van der Waals surface area contributed by atoms with Crippen LogP contribution in [0.2, 0.25) is 0 Å². The van der Waals surface area contributed by atoms with Crippen molar-refractivity contribution in [1.29, 1.82) is 0 Å². The topological polar surface area (TPSA) is 140 Å². The van der Waals surface area contributed by atoms with Crippen molar-refractivity contribution in [2.24, 2.45) is 0 Å². The summed E-state index contributed by atoms with van der Waals surface area (Å²) in [5.41, 5.74) is 0. The lowest BCUT2D eigenvalue weighted by molar-refractivity contribution is -0.161. The van der Waals surface area contributed by atoms with Gasteiger partial charge in [0.25, 0.3) is 0 Å². The van der Waals surface area contributed by atoms with Crippen LogP contribution >= 0.6 is 7.82 Å². The van der Waals surface area contributed by atoms with E-state index < -0.39 is 32.5 Å². The first-order valence-electron chi connectivity index (χ1n) is 19.5. The number of ether oxygens (including phenoxy) is 2. The molecule has 0 fully saturated rings. The first kappa shape index (κ1) is 48.0. The zero-order valence-electron chi connectivity index (χ0n) is 31.4. The van der Waals surface area contributed by atoms with Gasteiger partial charge in [0.15, 0.2) is 6.10 Å². The highest BCUT2D eigenvalue weighted by atomic mass is 31.2. The second kappa shape index (κ2) is 35.4. The van der Waals surface area contributed by atoms with E-state index in [0.29, 0.717) is 19.3 Å². The van der Waals surface area contributed by atoms with Gasteiger partial charge < -0.3 is 24.4 Å². The molecule has 0 aromatic heterocycles. The fourth-order valence-corrected chi connectivity index (χ4v) is 5.57. The van der Waals surface area contributed by atoms with Crippen LogP contribution in [0.3, 0.4) is 0 Å². The van der Waals surface area contributed by atoms with E-state index in [9.17, 15) is 19.3 Å². The Labute approximate surface area is 304 Å². The molecular weight excluding hydrogens is 655 g/mol. The lowest BCUT2D eigenvalue weighted by Gasteiger charge is -2.18. The number of allylic oxidation sites excluding steroid dienone is 8. The Bertz CT molecular complexity index is 968. The molecule has 290 valence electrons. The molecule has 0 radical (unpaired) electrons. The summed E-state index contributed by atoms with van der Waals surface area (Å²) in [5.74, 6) is -0.966. The van der Waals surface area contributed by atoms with E-state index in [2.05, 4.69) is 54.0 Å². The highest BCUT2D eigenvalue weighted by Gasteiger charge is 2.22. The Morgan fingerprint density at radius 3 is 1.52 bits per heavy atom. The molecule has 0 aliphatic heterocycles. The summed E-state index contributed by atoms with van der Waals surface area (Å²) in [6, 6.07) is 0. The number of aliphatic hydroxyl groups excluding tert-OH is 1. The second-order valence-corrected chi connectivity index (χ2v) is 14.4. The van der Waals surface area contributed by atoms with Crippen molar-refractivity contribution in [3.8, 4) is 0 Å². The summed E-state index contributed by atoms with van der Waals surface area (Å²) in [5, 5.41) is 9.24. The van der Waals surface area contributed by atoms with Crippen molar-refractivity contribution in [2.75, 3.05) is 13.2 Å². The van der Waals surface area contributed by atoms with Crippen LogP contribution in [0.5, 0.6) is 0 Å². The SMILES string of the molecule is CCCCCCCCCCCCCCCCC(=O)O[C@H](COC(=O)CCC/C=C\C/C=C\C/C=C\C/C=C\CCC[C@@H](C)O)COP(=O)(O)O. The Balaban J connectivity index is 4.05. The monoisotopic (exact) mass is 726 g/mol. The first-order valence-corrected chi connectivity index (χ1v) is 21.0. The molecule has 9 nitrogen and oxygen atoms in total. The summed E-state index contributed by atoms with van der Waals surface area (Å²) >= 11 is 0. The molecule has 0 unspecified atom stereocenters. The maximum atomic E-state index is 12.4. The predicted octanol–water partition coefficient (Wildman–Crippen LogP) is 10.5. The lowest BCUT2D eigenvalue weighted by atomic mass is 10.0. The minimum absolute atomic E-state index is 0.180. The molecule has 0 bridgehead atoms. The zero-order valence-corrected chi connectivity index (χ0v) is 32.3. The number of unbranched alkanes of at least 4 members (excludes halogenated alkanes) is 15. The Morgan fingerprint density at radius 1 is 0.600 bits per heavy atom. The molecule has 3 N–H and O–H groups in total. The minimum atomic E-state index is -4.77. The number of carbonyl (C=O) groups is 2. The maximum absolute atomic E-state index is 12.4. The van der Waals surface area contributed by atoms with Crippen molar-refractivity contribution < 1.29 is 43.0 Å². The third-order valence-electron chi connectivity index (χ3n) is 8.12. The molecule has 50 heavy (non-hydrogen) atoms. The van der Waals surface area contributed by atoms with Crippen LogP contribution in [0.15, 0.2) is 48.6 Å². The van der Waals surface area contributed by atoms with Crippen LogP contribution in [0, 0.1) is 0 Å². The van der Waals surface area contributed by atoms with Gasteiger partial charge in [-0.25, -0.2) is 4.57 Å². The number of carbonyl (C=O) groups excluding carboxylic acids is 2. The fourth-order valence-electron chi connectivity index (χ4n) is 5.21. The quantitative estimate of drug-likeness (QED) is 0.0252. The standard InChI is InChI=1S/C40H71O9P/c1-3-4-5-6-7-8-9-10-15-19-22-25-28-31-34-40(43)49-38(36-48-50(44,45)46)35-47-39(42)33-30-27-24-21-18-16-13-11-12-14-17-20-23-26-29-32-37(2)41/h12-14,16,20-21,23-24,37-38,41H,3-11,15,17-19,22,25-36H2,1-2H3,(H2,44,45,46)/b14-12-,16-13-,23-20-,24-21-/t37-,38-/m1/s1. The number of aliphatic hydroxyl groups is 1. The minimum Gasteiger partial charge on any atom is -0.462 e. The fraction of sp³-hybridized carbons (Fsp3) is 0.750. The molecule has 0 saturated carbocycles. The average molecular weight is 727 g/mol. The first-order chi connectivity index (χ1) is 24.1. The van der Waals surface area contributed by atoms with E-state index in [1.807, 2.05) is 13.0 Å². The average Bonchev–Trinajstić information content (AvgIpc) is 3.07. The highest BCUT2D eigenvalue weighted by Crippen LogP contribution is 2.36. The predicted molar refractivity (Wildman–Crippen MR) is 204 cm³/mol. The van der Waals surface area contributed by atoms with E-state index in [1.165, 1.54) is 64.2 Å². The van der Waals surface area contributed by atoms with Gasteiger partial charge in [-0.05, 0) is 64.7 Å². The van der Waals surface area contributed by atoms with E-state index in [0.717, 1.165) is 57.8 Å². The molecule has 0 amide bonds. The molecule has 0 aliphatic rings. The number of hydrogen-bond acceptors (Lipinski definition) is 7. The summed E-state index contributed by atoms with van der Waals surface area (Å²) < 4.78 is 26.3. The second-order valence-electron chi connectivity index (χ2n) is 13.2. The van der Waals surface area contributed by atoms with E-state index in [-0.39, 0.29) is 25.6 Å². The molecule has 0 aliphatic carbocycles. The number of rotatable bonds is 35. The highest BCUT2D eigenvalue weighted by molar-refractivity contribution is 7.46. The number of phosphoric acid groups is 1. The Hall–Kier alpha value is -2.03. The van der Waals surface area contributed by atoms with E-state index >= 15 is 0 Å². The summed E-state index contributed by atoms with van der Waals surface area (Å²) in [4.78, 5) is 42.7. The van der Waals surface area contributed by atoms with Crippen molar-refractivity contribution in [2.45, 2.75) is 180 Å². The van der Waals surface area contributed by atoms with Gasteiger partial charge in [-0.1, -0.05) is 139 Å². The van der Waals surface area contributed by atoms with Crippen LogP contribution in [0.4, 0.5) is 0 Å². The van der Waals surface area contributed by atoms with E-state index in [1.54, 1.807) is 0 Å². The molecule has 0 aromatic rings. The number of esters is 2. The normalized spacial score (nSPS) is 13.6. The summed E-state index contributed by atoms with van der Waals surface area (Å²) in [7, 11) is -4.77. The van der Waals surface area contributed by atoms with Gasteiger partial charge in [0, 0.05) is 12.8 Å². The molecular formula is C40H71O9P. The number of phosphoric ester groups is 1. The lowest BCUT2D eigenvalue weighted by Crippen LogP contribution is -2.29. The summed E-state index contributed by atoms with van der Waals surface area (Å²) in [6.45, 7) is 3.18. The van der Waals surface area contributed by atoms with Gasteiger partial charge in [0.2, 0.25) is 0 Å². The van der Waals surface area contributed by atoms with Gasteiger partial charge in [-0.2, -0.15) is 0 Å². The molecule has 0 spiro atoms. The van der Waals surface area contributed by atoms with Crippen molar-refractivity contribution in [1.82, 2.24) is 0 Å². The largest absolute Gasteiger partial charge is 0.469 e. The molecule has 10 heteroatoms. The molecule has 0 rings (SSSR count). The van der Waals surface area contributed by atoms with Crippen LogP contribution in [0.25, 0.3) is 0 Å². The van der Waals surface area contributed by atoms with Crippen molar-refractivity contribution in [3.63, 3.8) is 0 Å². The van der Waals surface area contributed by atoms with Crippen molar-refractivity contribution >= 4 is 19.8 Å². The Kier molecular flexibility index (Phi) is 33.9. The van der Waals surface area contributed by atoms with Crippen LogP contribution in [-0.4, -0.2) is 52.3 Å². The third-order valence-corrected chi connectivity index (χ3v) is 8.60. The van der Waals surface area contributed by atoms with Crippen LogP contribution in [0.1, 0.15) is 168 Å². The molecule has 0 aromatic carbocycles. The van der Waals surface area contributed by atoms with Gasteiger partial charge in [0.05, 0.1) is 12.7 Å². The third kappa shape index (κ3) is 38.8. The Morgan fingerprint density at radius 2 is 1.04 bits per heavy atom. The molecule has 0 heterocycles. The maximum Gasteiger partial charge on any atom is 0.469 e. The van der Waals surface area contributed by atoms with Gasteiger partial charge in [0.1, 0.15) is 6.61 Å². The van der Waals surface area contributed by atoms with Crippen LogP contribution < -0.4 is 0 Å². The zero-order chi connectivity index (χ0) is 37.0. The smallest absolute Gasteiger partial charge is 0.462 e. The van der Waals surface area contributed by atoms with Gasteiger partial charge in [-0.3, -0.25) is 14.1 Å². The van der Waals surface area contributed by atoms with E-state index in [4.69, 9.17) is 19.3 Å².